The van der Waals surface area contributed by atoms with Crippen LogP contribution in [0.25, 0.3) is 0 Å². The molecule has 0 unspecified atom stereocenters. The van der Waals surface area contributed by atoms with Gasteiger partial charge in [-0.1, -0.05) is 13.3 Å². The maximum Gasteiger partial charge on any atom is 0.409 e. The van der Waals surface area contributed by atoms with Crippen LogP contribution in [-0.2, 0) is 6.42 Å². The molecule has 0 aliphatic rings. The Morgan fingerprint density at radius 1 is 1.18 bits per heavy atom. The van der Waals surface area contributed by atoms with Gasteiger partial charge in [-0.3, -0.25) is 0 Å². The van der Waals surface area contributed by atoms with E-state index in [-0.39, 0.29) is 0 Å². The first kappa shape index (κ1) is 12.8. The number of carbonyl (C=O) groups is 2. The van der Waals surface area contributed by atoms with Gasteiger partial charge in [0, 0.05) is 0 Å². The van der Waals surface area contributed by atoms with Gasteiger partial charge in [0.2, 0.25) is 0 Å². The van der Waals surface area contributed by atoms with Gasteiger partial charge in [0.05, 0.1) is 0 Å². The lowest BCUT2D eigenvalue weighted by atomic mass is 10.1. The highest BCUT2D eigenvalue weighted by molar-refractivity contribution is 5.70. The summed E-state index contributed by atoms with van der Waals surface area (Å²) in [5.41, 5.74) is 10.6. The number of hydrogen-bond donors (Lipinski definition) is 2. The molecular formula is C11H14N2O4. The first-order chi connectivity index (χ1) is 8.02. The van der Waals surface area contributed by atoms with Crippen molar-refractivity contribution in [2.24, 2.45) is 11.5 Å². The van der Waals surface area contributed by atoms with E-state index in [4.69, 9.17) is 20.9 Å². The number of nitrogens with two attached hydrogens (primary N) is 2. The second-order valence-electron chi connectivity index (χ2n) is 3.36. The SMILES string of the molecule is CCCc1cc(OC(N)=O)ccc1OC(N)=O. The van der Waals surface area contributed by atoms with Crippen molar-refractivity contribution in [2.45, 2.75) is 19.8 Å². The molecule has 0 bridgehead atoms. The molecule has 0 heterocycles. The van der Waals surface area contributed by atoms with Crippen molar-refractivity contribution in [3.63, 3.8) is 0 Å². The average Bonchev–Trinajstić information content (AvgIpc) is 2.21. The molecule has 17 heavy (non-hydrogen) atoms. The predicted molar refractivity (Wildman–Crippen MR) is 60.9 cm³/mol. The summed E-state index contributed by atoms with van der Waals surface area (Å²) in [6.07, 6.45) is -0.268. The van der Waals surface area contributed by atoms with E-state index in [1.165, 1.54) is 12.1 Å². The van der Waals surface area contributed by atoms with E-state index in [0.717, 1.165) is 12.0 Å². The molecule has 0 spiro atoms. The van der Waals surface area contributed by atoms with Crippen LogP contribution in [0.3, 0.4) is 0 Å². The zero-order valence-corrected chi connectivity index (χ0v) is 9.43. The van der Waals surface area contributed by atoms with Crippen molar-refractivity contribution in [1.29, 1.82) is 0 Å². The monoisotopic (exact) mass is 238 g/mol. The molecule has 0 atom stereocenters. The third kappa shape index (κ3) is 4.02. The van der Waals surface area contributed by atoms with Crippen molar-refractivity contribution in [2.75, 3.05) is 0 Å². The number of hydrogen-bond acceptors (Lipinski definition) is 4. The van der Waals surface area contributed by atoms with Crippen LogP contribution < -0.4 is 20.9 Å². The normalized spacial score (nSPS) is 9.71. The number of ether oxygens (including phenoxy) is 2. The van der Waals surface area contributed by atoms with Gasteiger partial charge in [-0.25, -0.2) is 9.59 Å². The maximum absolute atomic E-state index is 10.7. The van der Waals surface area contributed by atoms with Crippen LogP contribution >= 0.6 is 0 Å². The van der Waals surface area contributed by atoms with Gasteiger partial charge in [-0.05, 0) is 30.2 Å². The number of primary amides is 2. The number of aryl methyl sites for hydroxylation is 1. The van der Waals surface area contributed by atoms with Gasteiger partial charge >= 0.3 is 12.2 Å². The maximum atomic E-state index is 10.7. The molecule has 6 heteroatoms. The summed E-state index contributed by atoms with van der Waals surface area (Å²) in [5.74, 6) is 0.661. The summed E-state index contributed by atoms with van der Waals surface area (Å²) < 4.78 is 9.55. The Morgan fingerprint density at radius 2 is 1.82 bits per heavy atom. The van der Waals surface area contributed by atoms with Crippen molar-refractivity contribution < 1.29 is 19.1 Å². The average molecular weight is 238 g/mol. The Bertz CT molecular complexity index is 431. The summed E-state index contributed by atoms with van der Waals surface area (Å²) in [7, 11) is 0. The Labute approximate surface area is 98.5 Å². The smallest absolute Gasteiger partial charge is 0.409 e. The minimum Gasteiger partial charge on any atom is -0.410 e. The molecule has 92 valence electrons. The van der Waals surface area contributed by atoms with Crippen LogP contribution in [0.1, 0.15) is 18.9 Å². The lowest BCUT2D eigenvalue weighted by Crippen LogP contribution is -2.18. The van der Waals surface area contributed by atoms with E-state index in [9.17, 15) is 9.59 Å². The second kappa shape index (κ2) is 5.74. The summed E-state index contributed by atoms with van der Waals surface area (Å²) in [6, 6.07) is 4.57. The van der Waals surface area contributed by atoms with Crippen LogP contribution in [0.4, 0.5) is 9.59 Å². The molecule has 0 aliphatic heterocycles. The molecule has 1 aromatic rings. The third-order valence-electron chi connectivity index (χ3n) is 1.98. The Hall–Kier alpha value is -2.24. The highest BCUT2D eigenvalue weighted by atomic mass is 16.6. The molecule has 0 saturated carbocycles. The van der Waals surface area contributed by atoms with Gasteiger partial charge in [0.25, 0.3) is 0 Å². The van der Waals surface area contributed by atoms with E-state index in [0.29, 0.717) is 17.9 Å². The largest absolute Gasteiger partial charge is 0.410 e. The molecule has 0 fully saturated rings. The van der Waals surface area contributed by atoms with E-state index < -0.39 is 12.2 Å². The molecule has 0 radical (unpaired) electrons. The van der Waals surface area contributed by atoms with E-state index >= 15 is 0 Å². The summed E-state index contributed by atoms with van der Waals surface area (Å²) in [6.45, 7) is 1.97. The summed E-state index contributed by atoms with van der Waals surface area (Å²) in [5, 5.41) is 0. The molecule has 0 aromatic heterocycles. The molecule has 1 aromatic carbocycles. The first-order valence-corrected chi connectivity index (χ1v) is 5.10. The van der Waals surface area contributed by atoms with Crippen molar-refractivity contribution in [1.82, 2.24) is 0 Å². The predicted octanol–water partition coefficient (Wildman–Crippen LogP) is 1.55. The van der Waals surface area contributed by atoms with E-state index in [1.807, 2.05) is 6.92 Å². The van der Waals surface area contributed by atoms with Gasteiger partial charge in [-0.15, -0.1) is 0 Å². The molecule has 2 amide bonds. The number of benzene rings is 1. The standard InChI is InChI=1S/C11H14N2O4/c1-2-3-7-6-8(16-10(12)14)4-5-9(7)17-11(13)15/h4-6H,2-3H2,1H3,(H2,12,14)(H2,13,15). The van der Waals surface area contributed by atoms with Crippen molar-refractivity contribution >= 4 is 12.2 Å². The van der Waals surface area contributed by atoms with E-state index in [2.05, 4.69) is 0 Å². The van der Waals surface area contributed by atoms with Crippen LogP contribution in [0.15, 0.2) is 18.2 Å². The zero-order chi connectivity index (χ0) is 12.8. The quantitative estimate of drug-likeness (QED) is 0.830. The highest BCUT2D eigenvalue weighted by Crippen LogP contribution is 2.25. The minimum atomic E-state index is -0.893. The highest BCUT2D eigenvalue weighted by Gasteiger charge is 2.09. The fraction of sp³-hybridized carbons (Fsp3) is 0.273. The van der Waals surface area contributed by atoms with Gasteiger partial charge in [0.15, 0.2) is 0 Å². The second-order valence-corrected chi connectivity index (χ2v) is 3.36. The third-order valence-corrected chi connectivity index (χ3v) is 1.98. The van der Waals surface area contributed by atoms with Crippen LogP contribution in [0.5, 0.6) is 11.5 Å². The first-order valence-electron chi connectivity index (χ1n) is 5.10. The zero-order valence-electron chi connectivity index (χ0n) is 9.43. The molecule has 6 nitrogen and oxygen atoms in total. The molecule has 0 saturated heterocycles. The van der Waals surface area contributed by atoms with Gasteiger partial charge in [-0.2, -0.15) is 0 Å². The minimum absolute atomic E-state index is 0.303. The van der Waals surface area contributed by atoms with Gasteiger partial charge < -0.3 is 20.9 Å². The van der Waals surface area contributed by atoms with Crippen molar-refractivity contribution in [3.05, 3.63) is 23.8 Å². The van der Waals surface area contributed by atoms with Gasteiger partial charge in [0.1, 0.15) is 11.5 Å². The molecule has 0 aliphatic carbocycles. The fourth-order valence-electron chi connectivity index (χ4n) is 1.41. The summed E-state index contributed by atoms with van der Waals surface area (Å²) in [4.78, 5) is 21.3. The van der Waals surface area contributed by atoms with Crippen LogP contribution in [0.2, 0.25) is 0 Å². The topological polar surface area (TPSA) is 105 Å². The molecule has 1 rings (SSSR count). The number of rotatable bonds is 4. The van der Waals surface area contributed by atoms with Crippen LogP contribution in [0, 0.1) is 0 Å². The Kier molecular flexibility index (Phi) is 4.33. The molecular weight excluding hydrogens is 224 g/mol. The summed E-state index contributed by atoms with van der Waals surface area (Å²) >= 11 is 0. The lowest BCUT2D eigenvalue weighted by Gasteiger charge is -2.09. The van der Waals surface area contributed by atoms with Crippen LogP contribution in [-0.4, -0.2) is 12.2 Å². The Balaban J connectivity index is 2.98. The van der Waals surface area contributed by atoms with E-state index in [1.54, 1.807) is 6.07 Å². The number of carbonyl (C=O) groups excluding carboxylic acids is 2. The number of amides is 2. The fourth-order valence-corrected chi connectivity index (χ4v) is 1.41. The molecule has 4 N–H and O–H groups in total. The lowest BCUT2D eigenvalue weighted by molar-refractivity contribution is 0.208. The van der Waals surface area contributed by atoms with Crippen molar-refractivity contribution in [3.8, 4) is 11.5 Å². The Morgan fingerprint density at radius 3 is 2.35 bits per heavy atom.